The summed E-state index contributed by atoms with van der Waals surface area (Å²) in [5, 5.41) is 5.96. The molecule has 10 rings (SSSR count). The summed E-state index contributed by atoms with van der Waals surface area (Å²) in [6.07, 6.45) is 4.56. The highest BCUT2D eigenvalue weighted by atomic mass is 15.3. The van der Waals surface area contributed by atoms with Crippen LogP contribution in [0.5, 0.6) is 0 Å². The van der Waals surface area contributed by atoms with Crippen molar-refractivity contribution in [2.75, 3.05) is 40.2 Å². The smallest absolute Gasteiger partial charge is 0.206 e. The second-order valence-electron chi connectivity index (χ2n) is 20.9. The number of para-hydroxylation sites is 2. The molecular weight excluding hydrogens is 921 g/mol. The van der Waals surface area contributed by atoms with Gasteiger partial charge in [0.25, 0.3) is 0 Å². The van der Waals surface area contributed by atoms with E-state index in [1.54, 1.807) is 0 Å². The van der Waals surface area contributed by atoms with E-state index in [9.17, 15) is 0 Å². The van der Waals surface area contributed by atoms with E-state index in [1.807, 2.05) is 0 Å². The fraction of sp³-hybridized carbons (Fsp3) is 0.323. The van der Waals surface area contributed by atoms with Crippen molar-refractivity contribution in [2.24, 2.45) is 11.8 Å². The van der Waals surface area contributed by atoms with Crippen LogP contribution < -0.4 is 20.0 Å². The third-order valence-corrected chi connectivity index (χ3v) is 13.7. The summed E-state index contributed by atoms with van der Waals surface area (Å²) in [5.74, 6) is 4.83. The van der Waals surface area contributed by atoms with Gasteiger partial charge in [-0.25, -0.2) is 19.9 Å². The van der Waals surface area contributed by atoms with E-state index in [0.29, 0.717) is 11.8 Å². The number of rotatable bonds is 22. The molecule has 0 atom stereocenters. The quantitative estimate of drug-likeness (QED) is 0.0673. The molecule has 0 saturated carbocycles. The first-order chi connectivity index (χ1) is 36.7. The Morgan fingerprint density at radius 2 is 0.840 bits per heavy atom. The number of hydrogen-bond acceptors (Lipinski definition) is 8. The van der Waals surface area contributed by atoms with Gasteiger partial charge in [0.2, 0.25) is 11.9 Å². The number of hydrogen-bond donors (Lipinski definition) is 1. The summed E-state index contributed by atoms with van der Waals surface area (Å²) in [5.41, 5.74) is 11.3. The SMILES string of the molecule is CCCCN(C)c1nc2c(N(Cc3ccccc3)Cc3ccccc3)nc3ccccc3c2n1CC(C)C.CCCCNc1nc2c(N(Cc3ccccc3)Cc3ccccc3)nc3ccccc3c2n1CC(C)C. The van der Waals surface area contributed by atoms with E-state index < -0.39 is 0 Å². The lowest BCUT2D eigenvalue weighted by molar-refractivity contribution is 0.530. The van der Waals surface area contributed by atoms with Crippen molar-refractivity contribution in [1.82, 2.24) is 29.1 Å². The van der Waals surface area contributed by atoms with Crippen molar-refractivity contribution in [3.63, 3.8) is 0 Å². The number of aromatic nitrogens is 6. The Balaban J connectivity index is 0.000000184. The van der Waals surface area contributed by atoms with Gasteiger partial charge in [0.15, 0.2) is 11.6 Å². The Kier molecular flexibility index (Phi) is 17.4. The van der Waals surface area contributed by atoms with Crippen LogP contribution in [-0.4, -0.2) is 49.2 Å². The lowest BCUT2D eigenvalue weighted by atomic mass is 10.1. The van der Waals surface area contributed by atoms with Crippen LogP contribution in [-0.2, 0) is 39.3 Å². The van der Waals surface area contributed by atoms with E-state index in [0.717, 1.165) is 134 Å². The molecule has 10 aromatic rings. The third-order valence-electron chi connectivity index (χ3n) is 13.7. The second-order valence-corrected chi connectivity index (χ2v) is 20.9. The van der Waals surface area contributed by atoms with E-state index in [2.05, 4.69) is 248 Å². The molecule has 0 amide bonds. The Hall–Kier alpha value is -7.72. The number of benzene rings is 6. The average molecular weight is 997 g/mol. The Labute approximate surface area is 445 Å². The van der Waals surface area contributed by atoms with Gasteiger partial charge in [0, 0.05) is 70.2 Å². The standard InChI is InChI=1S/C33H39N5.C32H37N5/c1-5-6-21-36(4)33-35-30-31(38(33)22-25(2)3)28-19-13-14-20-29(28)34-32(30)37(23-26-15-9-7-10-16-26)24-27-17-11-8-12-18-27;1-4-5-20-33-32-35-29-30(37(32)21-24(2)3)27-18-12-13-19-28(27)34-31(29)36(22-25-14-8-6-9-15-25)23-26-16-10-7-11-17-26/h7-20,25H,5-6,21-24H2,1-4H3;6-19,24H,4-5,20-23H2,1-3H3,(H,33,35). The zero-order valence-electron chi connectivity index (χ0n) is 45.3. The Morgan fingerprint density at radius 3 is 1.27 bits per heavy atom. The molecule has 386 valence electrons. The van der Waals surface area contributed by atoms with Crippen LogP contribution >= 0.6 is 0 Å². The molecule has 10 heteroatoms. The predicted octanol–water partition coefficient (Wildman–Crippen LogP) is 15.3. The van der Waals surface area contributed by atoms with Crippen LogP contribution in [0.3, 0.4) is 0 Å². The molecule has 0 unspecified atom stereocenters. The van der Waals surface area contributed by atoms with E-state index in [4.69, 9.17) is 19.9 Å². The summed E-state index contributed by atoms with van der Waals surface area (Å²) < 4.78 is 4.82. The van der Waals surface area contributed by atoms with Crippen LogP contribution in [0.15, 0.2) is 170 Å². The third kappa shape index (κ3) is 12.6. The minimum absolute atomic E-state index is 0.490. The van der Waals surface area contributed by atoms with Crippen LogP contribution in [0.2, 0.25) is 0 Å². The van der Waals surface area contributed by atoms with Crippen LogP contribution in [0.1, 0.15) is 89.5 Å². The van der Waals surface area contributed by atoms with Gasteiger partial charge in [-0.3, -0.25) is 0 Å². The molecule has 0 aliphatic heterocycles. The first-order valence-electron chi connectivity index (χ1n) is 27.4. The fourth-order valence-corrected chi connectivity index (χ4v) is 10.1. The van der Waals surface area contributed by atoms with E-state index >= 15 is 0 Å². The maximum atomic E-state index is 5.36. The van der Waals surface area contributed by atoms with Crippen LogP contribution in [0, 0.1) is 11.8 Å². The number of fused-ring (bicyclic) bond motifs is 6. The van der Waals surface area contributed by atoms with Crippen molar-refractivity contribution in [3.8, 4) is 0 Å². The normalized spacial score (nSPS) is 11.5. The number of pyridine rings is 2. The van der Waals surface area contributed by atoms with Gasteiger partial charge in [-0.05, 0) is 59.1 Å². The molecule has 1 N–H and O–H groups in total. The average Bonchev–Trinajstić information content (AvgIpc) is 4.00. The van der Waals surface area contributed by atoms with Gasteiger partial charge in [-0.2, -0.15) is 0 Å². The molecule has 0 bridgehead atoms. The van der Waals surface area contributed by atoms with Gasteiger partial charge in [-0.1, -0.05) is 212 Å². The summed E-state index contributed by atoms with van der Waals surface area (Å²) in [4.78, 5) is 28.2. The molecule has 75 heavy (non-hydrogen) atoms. The number of anilines is 4. The molecule has 0 radical (unpaired) electrons. The van der Waals surface area contributed by atoms with Crippen LogP contribution in [0.4, 0.5) is 23.5 Å². The largest absolute Gasteiger partial charge is 0.356 e. The van der Waals surface area contributed by atoms with Crippen molar-refractivity contribution >= 4 is 67.4 Å². The number of imidazole rings is 2. The fourth-order valence-electron chi connectivity index (χ4n) is 10.1. The maximum Gasteiger partial charge on any atom is 0.206 e. The molecule has 6 aromatic carbocycles. The Morgan fingerprint density at radius 1 is 0.453 bits per heavy atom. The minimum Gasteiger partial charge on any atom is -0.356 e. The monoisotopic (exact) mass is 997 g/mol. The van der Waals surface area contributed by atoms with Crippen LogP contribution in [0.25, 0.3) is 43.9 Å². The predicted molar refractivity (Wildman–Crippen MR) is 317 cm³/mol. The second kappa shape index (κ2) is 25.0. The summed E-state index contributed by atoms with van der Waals surface area (Å²) in [6.45, 7) is 20.3. The van der Waals surface area contributed by atoms with E-state index in [-0.39, 0.29) is 0 Å². The van der Waals surface area contributed by atoms with Crippen molar-refractivity contribution < 1.29 is 0 Å². The van der Waals surface area contributed by atoms with Crippen molar-refractivity contribution in [3.05, 3.63) is 192 Å². The zero-order valence-corrected chi connectivity index (χ0v) is 45.3. The molecule has 0 fully saturated rings. The van der Waals surface area contributed by atoms with Gasteiger partial charge in [0.1, 0.15) is 11.0 Å². The van der Waals surface area contributed by atoms with Crippen molar-refractivity contribution in [1.29, 1.82) is 0 Å². The van der Waals surface area contributed by atoms with Gasteiger partial charge >= 0.3 is 0 Å². The number of nitrogens with zero attached hydrogens (tertiary/aromatic N) is 9. The highest BCUT2D eigenvalue weighted by Gasteiger charge is 2.26. The molecule has 0 aliphatic rings. The lowest BCUT2D eigenvalue weighted by Gasteiger charge is -2.25. The molecular formula is C65H76N10. The highest BCUT2D eigenvalue weighted by molar-refractivity contribution is 6.09. The first kappa shape index (κ1) is 52.2. The molecule has 10 nitrogen and oxygen atoms in total. The molecule has 0 aliphatic carbocycles. The molecule has 0 saturated heterocycles. The zero-order chi connectivity index (χ0) is 52.1. The first-order valence-corrected chi connectivity index (χ1v) is 27.4. The molecule has 4 heterocycles. The molecule has 0 spiro atoms. The van der Waals surface area contributed by atoms with Crippen molar-refractivity contribution in [2.45, 2.75) is 106 Å². The number of unbranched alkanes of at least 4 members (excludes halogenated alkanes) is 2. The minimum atomic E-state index is 0.490. The summed E-state index contributed by atoms with van der Waals surface area (Å²) in [6, 6.07) is 59.7. The topological polar surface area (TPSA) is 83.2 Å². The van der Waals surface area contributed by atoms with Gasteiger partial charge in [-0.15, -0.1) is 0 Å². The lowest BCUT2D eigenvalue weighted by Crippen LogP contribution is -2.23. The maximum absolute atomic E-state index is 5.36. The highest BCUT2D eigenvalue weighted by Crippen LogP contribution is 2.38. The van der Waals surface area contributed by atoms with Gasteiger partial charge in [0.05, 0.1) is 22.1 Å². The van der Waals surface area contributed by atoms with Gasteiger partial charge < -0.3 is 29.2 Å². The molecule has 4 aromatic heterocycles. The summed E-state index contributed by atoms with van der Waals surface area (Å²) in [7, 11) is 2.18. The summed E-state index contributed by atoms with van der Waals surface area (Å²) >= 11 is 0. The van der Waals surface area contributed by atoms with E-state index in [1.165, 1.54) is 33.3 Å². The number of nitrogens with one attached hydrogen (secondary N) is 1. The Bertz CT molecular complexity index is 3280.